The predicted molar refractivity (Wildman–Crippen MR) is 110 cm³/mol. The average Bonchev–Trinajstić information content (AvgIpc) is 2.78. The van der Waals surface area contributed by atoms with E-state index in [2.05, 4.69) is 24.3 Å². The lowest BCUT2D eigenvalue weighted by molar-refractivity contribution is -0.138. The Bertz CT molecular complexity index is 888. The Hall–Kier alpha value is -2.69. The summed E-state index contributed by atoms with van der Waals surface area (Å²) in [4.78, 5) is 29.5. The molecule has 1 atom stereocenters. The SMILES string of the molecule is CN(C(=O)C1CCN(C(=O)c2ccc(F)cc2)CC1)C1CCCc2ccccc21. The van der Waals surface area contributed by atoms with Gasteiger partial charge in [-0.3, -0.25) is 9.59 Å². The highest BCUT2D eigenvalue weighted by Crippen LogP contribution is 2.35. The van der Waals surface area contributed by atoms with E-state index in [1.54, 1.807) is 4.90 Å². The molecule has 0 bridgehead atoms. The predicted octanol–water partition coefficient (Wildman–Crippen LogP) is 4.21. The number of amides is 2. The molecule has 4 nitrogen and oxygen atoms in total. The van der Waals surface area contributed by atoms with Crippen molar-refractivity contribution in [1.29, 1.82) is 0 Å². The molecule has 1 heterocycles. The van der Waals surface area contributed by atoms with Crippen LogP contribution < -0.4 is 0 Å². The molecular formula is C24H27FN2O2. The van der Waals surface area contributed by atoms with E-state index in [1.807, 2.05) is 11.9 Å². The molecule has 5 heteroatoms. The van der Waals surface area contributed by atoms with Gasteiger partial charge < -0.3 is 9.80 Å². The van der Waals surface area contributed by atoms with Gasteiger partial charge in [0.25, 0.3) is 5.91 Å². The number of hydrogen-bond donors (Lipinski definition) is 0. The zero-order valence-electron chi connectivity index (χ0n) is 16.8. The lowest BCUT2D eigenvalue weighted by atomic mass is 9.86. The number of benzene rings is 2. The van der Waals surface area contributed by atoms with Gasteiger partial charge in [-0.2, -0.15) is 0 Å². The van der Waals surface area contributed by atoms with E-state index >= 15 is 0 Å². The average molecular weight is 394 g/mol. The minimum Gasteiger partial charge on any atom is -0.339 e. The summed E-state index contributed by atoms with van der Waals surface area (Å²) in [5.74, 6) is -0.310. The summed E-state index contributed by atoms with van der Waals surface area (Å²) in [7, 11) is 1.92. The van der Waals surface area contributed by atoms with Gasteiger partial charge in [0.2, 0.25) is 5.91 Å². The summed E-state index contributed by atoms with van der Waals surface area (Å²) < 4.78 is 13.1. The lowest BCUT2D eigenvalue weighted by Gasteiger charge is -2.38. The molecule has 0 saturated carbocycles. The highest BCUT2D eigenvalue weighted by molar-refractivity contribution is 5.94. The molecule has 1 aliphatic carbocycles. The van der Waals surface area contributed by atoms with Crippen molar-refractivity contribution in [3.05, 3.63) is 71.0 Å². The van der Waals surface area contributed by atoms with Gasteiger partial charge in [0, 0.05) is 31.6 Å². The van der Waals surface area contributed by atoms with Crippen LogP contribution in [-0.2, 0) is 11.2 Å². The summed E-state index contributed by atoms with van der Waals surface area (Å²) in [6.45, 7) is 1.11. The van der Waals surface area contributed by atoms with E-state index in [0.29, 0.717) is 31.5 Å². The maximum absolute atomic E-state index is 13.2. The number of carbonyl (C=O) groups excluding carboxylic acids is 2. The third-order valence-electron chi connectivity index (χ3n) is 6.38. The Morgan fingerprint density at radius 2 is 1.69 bits per heavy atom. The van der Waals surface area contributed by atoms with Crippen LogP contribution in [-0.4, -0.2) is 41.8 Å². The molecule has 152 valence electrons. The van der Waals surface area contributed by atoms with E-state index in [9.17, 15) is 14.0 Å². The molecule has 2 aromatic rings. The third-order valence-corrected chi connectivity index (χ3v) is 6.38. The number of rotatable bonds is 3. The molecule has 0 radical (unpaired) electrons. The van der Waals surface area contributed by atoms with E-state index in [1.165, 1.54) is 35.4 Å². The number of nitrogens with zero attached hydrogens (tertiary/aromatic N) is 2. The van der Waals surface area contributed by atoms with Crippen molar-refractivity contribution in [2.45, 2.75) is 38.1 Å². The summed E-state index contributed by atoms with van der Waals surface area (Å²) in [6.07, 6.45) is 4.53. The highest BCUT2D eigenvalue weighted by atomic mass is 19.1. The first kappa shape index (κ1) is 19.6. The molecular weight excluding hydrogens is 367 g/mol. The number of halogens is 1. The van der Waals surface area contributed by atoms with Crippen molar-refractivity contribution < 1.29 is 14.0 Å². The molecule has 0 N–H and O–H groups in total. The second-order valence-corrected chi connectivity index (χ2v) is 8.13. The molecule has 29 heavy (non-hydrogen) atoms. The van der Waals surface area contributed by atoms with Gasteiger partial charge in [0.15, 0.2) is 0 Å². The first-order valence-electron chi connectivity index (χ1n) is 10.4. The van der Waals surface area contributed by atoms with E-state index < -0.39 is 0 Å². The Morgan fingerprint density at radius 1 is 1.00 bits per heavy atom. The minimum absolute atomic E-state index is 0.0497. The monoisotopic (exact) mass is 394 g/mol. The molecule has 1 unspecified atom stereocenters. The van der Waals surface area contributed by atoms with Crippen LogP contribution in [0.5, 0.6) is 0 Å². The Morgan fingerprint density at radius 3 is 2.41 bits per heavy atom. The van der Waals surface area contributed by atoms with Gasteiger partial charge >= 0.3 is 0 Å². The molecule has 1 fully saturated rings. The molecule has 4 rings (SSSR count). The van der Waals surface area contributed by atoms with Crippen molar-refractivity contribution in [2.24, 2.45) is 5.92 Å². The maximum atomic E-state index is 13.2. The van der Waals surface area contributed by atoms with Crippen LogP contribution in [0.15, 0.2) is 48.5 Å². The van der Waals surface area contributed by atoms with Crippen LogP contribution in [0.2, 0.25) is 0 Å². The molecule has 2 aliphatic rings. The van der Waals surface area contributed by atoms with E-state index in [4.69, 9.17) is 0 Å². The molecule has 1 aliphatic heterocycles. The first-order valence-corrected chi connectivity index (χ1v) is 10.4. The van der Waals surface area contributed by atoms with Crippen LogP contribution in [0.3, 0.4) is 0 Å². The number of piperidine rings is 1. The van der Waals surface area contributed by atoms with Crippen LogP contribution in [0.25, 0.3) is 0 Å². The number of likely N-dealkylation sites (tertiary alicyclic amines) is 1. The van der Waals surface area contributed by atoms with Gasteiger partial charge in [-0.1, -0.05) is 24.3 Å². The highest BCUT2D eigenvalue weighted by Gasteiger charge is 2.33. The summed E-state index contributed by atoms with van der Waals surface area (Å²) >= 11 is 0. The topological polar surface area (TPSA) is 40.6 Å². The van der Waals surface area contributed by atoms with Crippen LogP contribution in [0, 0.1) is 11.7 Å². The molecule has 0 aromatic heterocycles. The number of aryl methyl sites for hydroxylation is 1. The largest absolute Gasteiger partial charge is 0.339 e. The fraction of sp³-hybridized carbons (Fsp3) is 0.417. The molecule has 2 amide bonds. The fourth-order valence-electron chi connectivity index (χ4n) is 4.68. The second kappa shape index (κ2) is 8.36. The van der Waals surface area contributed by atoms with Crippen molar-refractivity contribution >= 4 is 11.8 Å². The van der Waals surface area contributed by atoms with Crippen LogP contribution in [0.4, 0.5) is 4.39 Å². The number of carbonyl (C=O) groups is 2. The second-order valence-electron chi connectivity index (χ2n) is 8.13. The summed E-state index contributed by atoms with van der Waals surface area (Å²) in [5.41, 5.74) is 3.12. The minimum atomic E-state index is -0.349. The Kier molecular flexibility index (Phi) is 5.65. The number of hydrogen-bond acceptors (Lipinski definition) is 2. The normalized spacial score (nSPS) is 19.5. The fourth-order valence-corrected chi connectivity index (χ4v) is 4.68. The van der Waals surface area contributed by atoms with Gasteiger partial charge in [0.1, 0.15) is 5.82 Å². The number of fused-ring (bicyclic) bond motifs is 1. The van der Waals surface area contributed by atoms with Gasteiger partial charge in [-0.25, -0.2) is 4.39 Å². The van der Waals surface area contributed by atoms with Gasteiger partial charge in [-0.15, -0.1) is 0 Å². The summed E-state index contributed by atoms with van der Waals surface area (Å²) in [6, 6.07) is 14.2. The third kappa shape index (κ3) is 4.04. The molecule has 1 saturated heterocycles. The van der Waals surface area contributed by atoms with Crippen LogP contribution >= 0.6 is 0 Å². The first-order chi connectivity index (χ1) is 14.0. The van der Waals surface area contributed by atoms with Crippen molar-refractivity contribution in [2.75, 3.05) is 20.1 Å². The lowest BCUT2D eigenvalue weighted by Crippen LogP contribution is -2.44. The molecule has 2 aromatic carbocycles. The van der Waals surface area contributed by atoms with E-state index in [0.717, 1.165) is 19.3 Å². The zero-order chi connectivity index (χ0) is 20.4. The maximum Gasteiger partial charge on any atom is 0.253 e. The Labute approximate surface area is 171 Å². The van der Waals surface area contributed by atoms with Crippen molar-refractivity contribution in [3.8, 4) is 0 Å². The van der Waals surface area contributed by atoms with Gasteiger partial charge in [-0.05, 0) is 67.5 Å². The Balaban J connectivity index is 1.38. The molecule has 0 spiro atoms. The zero-order valence-corrected chi connectivity index (χ0v) is 16.8. The standard InChI is InChI=1S/C24H27FN2O2/c1-26(22-8-4-6-17-5-2-3-7-21(17)22)23(28)19-13-15-27(16-14-19)24(29)18-9-11-20(25)12-10-18/h2-3,5,7,9-12,19,22H,4,6,8,13-16H2,1H3. The smallest absolute Gasteiger partial charge is 0.253 e. The van der Waals surface area contributed by atoms with Crippen LogP contribution in [0.1, 0.15) is 53.2 Å². The van der Waals surface area contributed by atoms with Crippen molar-refractivity contribution in [3.63, 3.8) is 0 Å². The van der Waals surface area contributed by atoms with Crippen molar-refractivity contribution in [1.82, 2.24) is 9.80 Å². The van der Waals surface area contributed by atoms with Gasteiger partial charge in [0.05, 0.1) is 6.04 Å². The van der Waals surface area contributed by atoms with E-state index in [-0.39, 0.29) is 29.6 Å². The quantitative estimate of drug-likeness (QED) is 0.782. The summed E-state index contributed by atoms with van der Waals surface area (Å²) in [5, 5.41) is 0.